The molecule has 0 saturated carbocycles. The van der Waals surface area contributed by atoms with E-state index >= 15 is 0 Å². The summed E-state index contributed by atoms with van der Waals surface area (Å²) in [7, 11) is 2.06. The number of nitrogens with one attached hydrogen (secondary N) is 2. The molecule has 2 aromatic rings. The quantitative estimate of drug-likeness (QED) is 0.196. The van der Waals surface area contributed by atoms with Crippen LogP contribution in [0.5, 0.6) is 0 Å². The molecule has 5 heterocycles. The number of likely N-dealkylation sites (tertiary alicyclic amines) is 1. The average molecular weight is 672 g/mol. The zero-order valence-corrected chi connectivity index (χ0v) is 26.8. The first kappa shape index (κ1) is 33.8. The molecular weight excluding hydrogens is 630 g/mol. The van der Waals surface area contributed by atoms with Gasteiger partial charge in [-0.15, -0.1) is 0 Å². The summed E-state index contributed by atoms with van der Waals surface area (Å²) in [6, 6.07) is 5.98. The number of carbonyl (C=O) groups excluding carboxylic acids is 3. The summed E-state index contributed by atoms with van der Waals surface area (Å²) < 4.78 is 6.24. The Bertz CT molecular complexity index is 1640. The van der Waals surface area contributed by atoms with Crippen LogP contribution < -0.4 is 5.32 Å². The molecule has 2 unspecified atom stereocenters. The number of carbonyl (C=O) groups is 5. The lowest BCUT2D eigenvalue weighted by Crippen LogP contribution is -2.67. The van der Waals surface area contributed by atoms with Crippen molar-refractivity contribution in [3.63, 3.8) is 0 Å². The van der Waals surface area contributed by atoms with Gasteiger partial charge in [-0.1, -0.05) is 26.0 Å². The van der Waals surface area contributed by atoms with Crippen molar-refractivity contribution < 1.29 is 54.2 Å². The molecule has 8 atom stereocenters. The number of aliphatic carboxylic acids is 2. The van der Waals surface area contributed by atoms with Gasteiger partial charge in [-0.3, -0.25) is 24.0 Å². The summed E-state index contributed by atoms with van der Waals surface area (Å²) >= 11 is 0. The number of aromatic amines is 1. The number of aliphatic hydroxyl groups excluding tert-OH is 2. The predicted molar refractivity (Wildman–Crippen MR) is 165 cm³/mol. The minimum Gasteiger partial charge on any atom is -0.479 e. The maximum Gasteiger partial charge on any atom is 0.335 e. The fourth-order valence-corrected chi connectivity index (χ4v) is 8.07. The van der Waals surface area contributed by atoms with E-state index in [2.05, 4.69) is 46.6 Å². The third kappa shape index (κ3) is 5.22. The Hall–Kier alpha value is -4.09. The van der Waals surface area contributed by atoms with Crippen molar-refractivity contribution in [2.24, 2.45) is 11.8 Å². The van der Waals surface area contributed by atoms with Crippen molar-refractivity contribution in [3.05, 3.63) is 35.5 Å². The van der Waals surface area contributed by atoms with Crippen LogP contribution in [0.1, 0.15) is 50.2 Å². The molecule has 1 aromatic heterocycles. The number of fused-ring (bicyclic) bond motifs is 5. The maximum atomic E-state index is 13.9. The molecule has 4 fully saturated rings. The highest BCUT2D eigenvalue weighted by atomic mass is 16.7. The maximum absolute atomic E-state index is 13.9. The third-order valence-corrected chi connectivity index (χ3v) is 10.6. The lowest BCUT2D eigenvalue weighted by Gasteiger charge is -2.46. The van der Waals surface area contributed by atoms with E-state index in [4.69, 9.17) is 25.2 Å². The molecule has 3 amide bonds. The number of benzene rings is 1. The highest BCUT2D eigenvalue weighted by Gasteiger charge is 2.69. The molecule has 1 aromatic carbocycles. The third-order valence-electron chi connectivity index (χ3n) is 10.6. The zero-order chi connectivity index (χ0) is 34.9. The number of aliphatic hydroxyl groups is 3. The van der Waals surface area contributed by atoms with Crippen molar-refractivity contribution in [1.29, 1.82) is 0 Å². The van der Waals surface area contributed by atoms with E-state index in [0.717, 1.165) is 23.3 Å². The molecule has 5 aliphatic rings. The van der Waals surface area contributed by atoms with Crippen molar-refractivity contribution in [2.45, 2.75) is 81.4 Å². The van der Waals surface area contributed by atoms with Crippen molar-refractivity contribution in [2.75, 3.05) is 26.7 Å². The second-order valence-corrected chi connectivity index (χ2v) is 13.7. The van der Waals surface area contributed by atoms with E-state index in [1.807, 2.05) is 0 Å². The van der Waals surface area contributed by atoms with Gasteiger partial charge in [0.1, 0.15) is 12.6 Å². The summed E-state index contributed by atoms with van der Waals surface area (Å²) in [5.41, 5.74) is 1.96. The number of piperazine rings is 1. The molecule has 260 valence electrons. The summed E-state index contributed by atoms with van der Waals surface area (Å²) in [5.74, 6) is -7.13. The van der Waals surface area contributed by atoms with Crippen molar-refractivity contribution in [1.82, 2.24) is 25.0 Å². The predicted octanol–water partition coefficient (Wildman–Crippen LogP) is -1.02. The molecule has 7 rings (SSSR count). The van der Waals surface area contributed by atoms with Gasteiger partial charge in [-0.2, -0.15) is 0 Å². The van der Waals surface area contributed by atoms with E-state index < -0.39 is 53.6 Å². The van der Waals surface area contributed by atoms with Gasteiger partial charge >= 0.3 is 11.9 Å². The topological polar surface area (TPSA) is 233 Å². The number of likely N-dealkylation sites (N-methyl/N-ethyl adjacent to an activating group) is 1. The van der Waals surface area contributed by atoms with Crippen LogP contribution in [-0.2, 0) is 35.1 Å². The number of piperidine rings is 1. The van der Waals surface area contributed by atoms with Gasteiger partial charge in [0.2, 0.25) is 17.5 Å². The standard InChI is InChI=1S/C28H35N5O5.C4H6O6/c1-15(2)27(26(36)33-14-23(34)32-9-5-8-22(32)28(33,37)38-27)30-25(35)17-10-19-18-6-4-7-20-24(18)16(12-29-20)11-21(19)31(3)13-17;5-1(3(7)8)2(6)4(9)10/h4,6-7,12,15,17,19,21-22,29,37H,5,8-11,13-14H2,1-3H3,(H,30,35);1-2,5-6H,(H,7,8)(H,9,10)/t17-,19-,21-,22+,27-,28+;/m1./s1. The van der Waals surface area contributed by atoms with E-state index in [0.29, 0.717) is 32.0 Å². The number of nitrogens with zero attached hydrogens (tertiary/aromatic N) is 3. The first-order chi connectivity index (χ1) is 22.6. The van der Waals surface area contributed by atoms with Crippen LogP contribution in [0.2, 0.25) is 0 Å². The number of carboxylic acid groups (broad SMARTS) is 2. The van der Waals surface area contributed by atoms with Crippen LogP contribution in [0.3, 0.4) is 0 Å². The molecule has 0 spiro atoms. The summed E-state index contributed by atoms with van der Waals surface area (Å²) in [6.07, 6.45) is 0.431. The number of carboxylic acids is 2. The van der Waals surface area contributed by atoms with Crippen LogP contribution in [0.15, 0.2) is 24.4 Å². The van der Waals surface area contributed by atoms with Gasteiger partial charge in [0.15, 0.2) is 12.2 Å². The largest absolute Gasteiger partial charge is 0.479 e. The van der Waals surface area contributed by atoms with Crippen LogP contribution >= 0.6 is 0 Å². The number of aromatic nitrogens is 1. The highest BCUT2D eigenvalue weighted by molar-refractivity contribution is 5.96. The number of amides is 3. The summed E-state index contributed by atoms with van der Waals surface area (Å²) in [6.45, 7) is 4.44. The lowest BCUT2D eigenvalue weighted by molar-refractivity contribution is -0.314. The Balaban J connectivity index is 0.000000351. The SMILES string of the molecule is CC(C)[C@@]1(NC(=O)[C@@H]2C[C@@H]3c4cccc5[nH]cc(c45)C[C@H]3N(C)C2)O[C@@]2(O)[C@@H]3CCCN3C(=O)CN2C1=O.O=C(O)C(O)C(O)C(=O)O. The average Bonchev–Trinajstić information content (AvgIpc) is 3.76. The molecule has 7 N–H and O–H groups in total. The molecular formula is C32H41N5O11. The Labute approximate surface area is 275 Å². The molecule has 0 radical (unpaired) electrons. The van der Waals surface area contributed by atoms with E-state index in [-0.39, 0.29) is 30.2 Å². The lowest BCUT2D eigenvalue weighted by atomic mass is 9.72. The van der Waals surface area contributed by atoms with Gasteiger partial charge < -0.3 is 45.6 Å². The van der Waals surface area contributed by atoms with Crippen molar-refractivity contribution in [3.8, 4) is 0 Å². The molecule has 4 saturated heterocycles. The summed E-state index contributed by atoms with van der Waals surface area (Å²) in [5, 5.41) is 48.4. The first-order valence-electron chi connectivity index (χ1n) is 16.1. The Kier molecular flexibility index (Phi) is 8.52. The molecule has 16 heteroatoms. The molecule has 0 bridgehead atoms. The van der Waals surface area contributed by atoms with Gasteiger partial charge in [-0.05, 0) is 49.9 Å². The minimum absolute atomic E-state index is 0.187. The molecule has 48 heavy (non-hydrogen) atoms. The van der Waals surface area contributed by atoms with E-state index in [9.17, 15) is 29.1 Å². The molecule has 4 aliphatic heterocycles. The fraction of sp³-hybridized carbons (Fsp3) is 0.594. The van der Waals surface area contributed by atoms with Crippen LogP contribution in [-0.4, -0.2) is 137 Å². The van der Waals surface area contributed by atoms with Gasteiger partial charge in [0.25, 0.3) is 11.8 Å². The van der Waals surface area contributed by atoms with Gasteiger partial charge in [0, 0.05) is 48.1 Å². The Morgan fingerprint density at radius 3 is 2.44 bits per heavy atom. The number of hydrogen-bond acceptors (Lipinski definition) is 10. The van der Waals surface area contributed by atoms with Crippen LogP contribution in [0, 0.1) is 11.8 Å². The van der Waals surface area contributed by atoms with E-state index in [1.165, 1.54) is 16.5 Å². The second kappa shape index (κ2) is 12.1. The molecule has 16 nitrogen and oxygen atoms in total. The zero-order valence-electron chi connectivity index (χ0n) is 26.8. The Morgan fingerprint density at radius 1 is 1.10 bits per heavy atom. The minimum atomic E-state index is -2.27. The highest BCUT2D eigenvalue weighted by Crippen LogP contribution is 2.47. The monoisotopic (exact) mass is 671 g/mol. The summed E-state index contributed by atoms with van der Waals surface area (Å²) in [4.78, 5) is 68.4. The molecule has 1 aliphatic carbocycles. The number of H-pyrrole nitrogens is 1. The van der Waals surface area contributed by atoms with Gasteiger partial charge in [-0.25, -0.2) is 9.59 Å². The number of rotatable bonds is 6. The van der Waals surface area contributed by atoms with E-state index in [1.54, 1.807) is 18.7 Å². The second-order valence-electron chi connectivity index (χ2n) is 13.7. The smallest absolute Gasteiger partial charge is 0.335 e. The Morgan fingerprint density at radius 2 is 1.79 bits per heavy atom. The fourth-order valence-electron chi connectivity index (χ4n) is 8.07. The van der Waals surface area contributed by atoms with Crippen LogP contribution in [0.4, 0.5) is 0 Å². The van der Waals surface area contributed by atoms with Crippen LogP contribution in [0.25, 0.3) is 10.9 Å². The van der Waals surface area contributed by atoms with Gasteiger partial charge in [0.05, 0.1) is 5.92 Å². The first-order valence-corrected chi connectivity index (χ1v) is 16.1. The van der Waals surface area contributed by atoms with Crippen molar-refractivity contribution >= 4 is 40.6 Å². The number of hydrogen-bond donors (Lipinski definition) is 7. The normalized spacial score (nSPS) is 32.2. The number of ether oxygens (including phenoxy) is 1.